The first-order chi connectivity index (χ1) is 11.1. The van der Waals surface area contributed by atoms with E-state index in [4.69, 9.17) is 5.73 Å². The van der Waals surface area contributed by atoms with E-state index in [1.165, 1.54) is 16.0 Å². The van der Waals surface area contributed by atoms with E-state index in [1.54, 1.807) is 11.3 Å². The highest BCUT2D eigenvalue weighted by molar-refractivity contribution is 7.13. The largest absolute Gasteiger partial charge is 0.368 e. The van der Waals surface area contributed by atoms with Crippen LogP contribution >= 0.6 is 11.3 Å². The monoisotopic (exact) mass is 323 g/mol. The molecule has 0 atom stereocenters. The van der Waals surface area contributed by atoms with Crippen LogP contribution in [0.5, 0.6) is 0 Å². The predicted molar refractivity (Wildman–Crippen MR) is 98.1 cm³/mol. The fourth-order valence-corrected chi connectivity index (χ4v) is 3.80. The number of hydrogen-bond acceptors (Lipinski definition) is 5. The topological polar surface area (TPSA) is 60.0 Å². The maximum absolute atomic E-state index is 5.93. The maximum Gasteiger partial charge on any atom is 0.222 e. The average molecular weight is 323 g/mol. The molecule has 3 heterocycles. The molecule has 116 valence electrons. The first-order valence-corrected chi connectivity index (χ1v) is 8.20. The molecular weight excluding hydrogens is 306 g/mol. The lowest BCUT2D eigenvalue weighted by atomic mass is 10.0. The molecule has 0 radical (unpaired) electrons. The van der Waals surface area contributed by atoms with Gasteiger partial charge in [-0.15, -0.1) is 11.3 Å². The van der Waals surface area contributed by atoms with E-state index < -0.39 is 0 Å². The number of fused-ring (bicyclic) bond motifs is 3. The van der Waals surface area contributed by atoms with Gasteiger partial charge in [0.1, 0.15) is 5.82 Å². The third-order valence-corrected chi connectivity index (χ3v) is 4.93. The van der Waals surface area contributed by atoms with E-state index in [9.17, 15) is 0 Å². The van der Waals surface area contributed by atoms with Gasteiger partial charge in [0.15, 0.2) is 0 Å². The van der Waals surface area contributed by atoms with Crippen molar-refractivity contribution in [3.63, 3.8) is 0 Å². The second-order valence-corrected chi connectivity index (χ2v) is 6.73. The molecule has 0 aliphatic heterocycles. The van der Waals surface area contributed by atoms with Gasteiger partial charge >= 0.3 is 0 Å². The van der Waals surface area contributed by atoms with Crippen molar-refractivity contribution in [3.8, 4) is 10.4 Å². The lowest BCUT2D eigenvalue weighted by Gasteiger charge is -2.16. The smallest absolute Gasteiger partial charge is 0.222 e. The summed E-state index contributed by atoms with van der Waals surface area (Å²) in [5.74, 6) is 1.15. The summed E-state index contributed by atoms with van der Waals surface area (Å²) in [6, 6.07) is 8.45. The standard InChI is InChI=1S/C17H17N5S/c1-21(2)16-14-10-6-7-22(3)15(10)11(13-5-4-8-23-13)9-12(14)19-17(18)20-16/h4-9H,1-3H3,(H2,18,19,20). The van der Waals surface area contributed by atoms with Gasteiger partial charge in [-0.2, -0.15) is 4.98 Å². The quantitative estimate of drug-likeness (QED) is 0.613. The molecule has 23 heavy (non-hydrogen) atoms. The average Bonchev–Trinajstić information content (AvgIpc) is 3.15. The van der Waals surface area contributed by atoms with E-state index >= 15 is 0 Å². The Hall–Kier alpha value is -2.60. The summed E-state index contributed by atoms with van der Waals surface area (Å²) in [7, 11) is 6.02. The number of hydrogen-bond donors (Lipinski definition) is 1. The predicted octanol–water partition coefficient (Wildman–Crippen LogP) is 3.50. The van der Waals surface area contributed by atoms with Crippen molar-refractivity contribution < 1.29 is 0 Å². The third kappa shape index (κ3) is 2.06. The molecule has 4 rings (SSSR count). The van der Waals surface area contributed by atoms with Crippen molar-refractivity contribution in [2.75, 3.05) is 24.7 Å². The molecule has 6 heteroatoms. The lowest BCUT2D eigenvalue weighted by Crippen LogP contribution is -2.13. The number of nitrogens with zero attached hydrogens (tertiary/aromatic N) is 4. The molecule has 0 aliphatic rings. The number of anilines is 2. The molecule has 0 aliphatic carbocycles. The number of aromatic nitrogens is 3. The Kier molecular flexibility index (Phi) is 3.02. The van der Waals surface area contributed by atoms with Crippen molar-refractivity contribution in [1.29, 1.82) is 0 Å². The minimum atomic E-state index is 0.300. The molecule has 0 unspecified atom stereocenters. The highest BCUT2D eigenvalue weighted by Gasteiger charge is 2.17. The summed E-state index contributed by atoms with van der Waals surface area (Å²) in [4.78, 5) is 12.1. The first kappa shape index (κ1) is 14.0. The van der Waals surface area contributed by atoms with E-state index in [0.29, 0.717) is 5.95 Å². The molecule has 4 aromatic rings. The second-order valence-electron chi connectivity index (χ2n) is 5.78. The molecule has 0 saturated carbocycles. The summed E-state index contributed by atoms with van der Waals surface area (Å²) in [6.07, 6.45) is 2.08. The molecule has 0 spiro atoms. The van der Waals surface area contributed by atoms with Crippen molar-refractivity contribution in [1.82, 2.24) is 14.5 Å². The Bertz CT molecular complexity index is 1010. The summed E-state index contributed by atoms with van der Waals surface area (Å²) < 4.78 is 2.15. The third-order valence-electron chi connectivity index (χ3n) is 4.02. The Balaban J connectivity index is 2.23. The molecule has 0 fully saturated rings. The van der Waals surface area contributed by atoms with Gasteiger partial charge in [0.25, 0.3) is 0 Å². The second kappa shape index (κ2) is 4.96. The molecule has 0 saturated heterocycles. The highest BCUT2D eigenvalue weighted by atomic mass is 32.1. The van der Waals surface area contributed by atoms with E-state index in [-0.39, 0.29) is 0 Å². The normalized spacial score (nSPS) is 11.4. The van der Waals surface area contributed by atoms with E-state index in [2.05, 4.69) is 57.4 Å². The van der Waals surface area contributed by atoms with Gasteiger partial charge in [0.2, 0.25) is 5.95 Å². The van der Waals surface area contributed by atoms with Crippen LogP contribution in [0.2, 0.25) is 0 Å². The van der Waals surface area contributed by atoms with Gasteiger partial charge in [-0.3, -0.25) is 0 Å². The van der Waals surface area contributed by atoms with Crippen LogP contribution in [0.15, 0.2) is 35.8 Å². The summed E-state index contributed by atoms with van der Waals surface area (Å²) in [5, 5.41) is 4.28. The SMILES string of the molecule is CN(C)c1nc(N)nc2cc(-c3cccs3)c3c(ccn3C)c12. The zero-order valence-corrected chi connectivity index (χ0v) is 14.1. The van der Waals surface area contributed by atoms with Gasteiger partial charge in [-0.25, -0.2) is 4.98 Å². The number of nitrogen functional groups attached to an aromatic ring is 1. The van der Waals surface area contributed by atoms with Crippen molar-refractivity contribution >= 4 is 44.9 Å². The molecule has 5 nitrogen and oxygen atoms in total. The minimum Gasteiger partial charge on any atom is -0.368 e. The van der Waals surface area contributed by atoms with Crippen LogP contribution in [0, 0.1) is 0 Å². The summed E-state index contributed by atoms with van der Waals surface area (Å²) in [6.45, 7) is 0. The molecule has 0 amide bonds. The van der Waals surface area contributed by atoms with E-state index in [1.807, 2.05) is 19.0 Å². The number of nitrogens with two attached hydrogens (primary N) is 1. The van der Waals surface area contributed by atoms with Gasteiger partial charge in [0.05, 0.1) is 16.4 Å². The van der Waals surface area contributed by atoms with Gasteiger partial charge < -0.3 is 15.2 Å². The molecule has 3 aromatic heterocycles. The fraction of sp³-hybridized carbons (Fsp3) is 0.176. The van der Waals surface area contributed by atoms with Crippen molar-refractivity contribution in [2.45, 2.75) is 0 Å². The van der Waals surface area contributed by atoms with Crippen LogP contribution in [0.4, 0.5) is 11.8 Å². The number of aryl methyl sites for hydroxylation is 1. The number of benzene rings is 1. The number of rotatable bonds is 2. The first-order valence-electron chi connectivity index (χ1n) is 7.32. The maximum atomic E-state index is 5.93. The van der Waals surface area contributed by atoms with Gasteiger partial charge in [-0.05, 0) is 23.6 Å². The van der Waals surface area contributed by atoms with E-state index in [0.717, 1.165) is 22.1 Å². The zero-order chi connectivity index (χ0) is 16.1. The van der Waals surface area contributed by atoms with Gasteiger partial charge in [0, 0.05) is 43.2 Å². The molecule has 2 N–H and O–H groups in total. The van der Waals surface area contributed by atoms with Crippen molar-refractivity contribution in [2.24, 2.45) is 7.05 Å². The van der Waals surface area contributed by atoms with Gasteiger partial charge in [-0.1, -0.05) is 6.07 Å². The minimum absolute atomic E-state index is 0.300. The summed E-state index contributed by atoms with van der Waals surface area (Å²) >= 11 is 1.73. The zero-order valence-electron chi connectivity index (χ0n) is 13.2. The highest BCUT2D eigenvalue weighted by Crippen LogP contribution is 2.39. The van der Waals surface area contributed by atoms with Crippen molar-refractivity contribution in [3.05, 3.63) is 35.8 Å². The summed E-state index contributed by atoms with van der Waals surface area (Å²) in [5.41, 5.74) is 9.18. The van der Waals surface area contributed by atoms with Crippen LogP contribution < -0.4 is 10.6 Å². The molecule has 0 bridgehead atoms. The van der Waals surface area contributed by atoms with Crippen LogP contribution in [-0.4, -0.2) is 28.6 Å². The fourth-order valence-electron chi connectivity index (χ4n) is 3.06. The lowest BCUT2D eigenvalue weighted by molar-refractivity contribution is 0.970. The van der Waals surface area contributed by atoms with Crippen LogP contribution in [-0.2, 0) is 7.05 Å². The molecular formula is C17H17N5S. The van der Waals surface area contributed by atoms with Crippen LogP contribution in [0.25, 0.3) is 32.2 Å². The number of thiophene rings is 1. The Morgan fingerprint density at radius 2 is 2.04 bits per heavy atom. The Labute approximate surface area is 138 Å². The van der Waals surface area contributed by atoms with Crippen LogP contribution in [0.3, 0.4) is 0 Å². The Morgan fingerprint density at radius 3 is 2.74 bits per heavy atom. The Morgan fingerprint density at radius 1 is 1.22 bits per heavy atom. The molecule has 1 aromatic carbocycles. The van der Waals surface area contributed by atoms with Crippen LogP contribution in [0.1, 0.15) is 0 Å².